The summed E-state index contributed by atoms with van der Waals surface area (Å²) >= 11 is 0. The Morgan fingerprint density at radius 1 is 0.707 bits per heavy atom. The first-order valence-corrected chi connectivity index (χ1v) is 20.5. The SMILES string of the molecule is CCC(OC1OC(C)C(O)C(O)C1O)C(C)C(=O)CC(O)CC(O)CC(O)/C=C/CC(O)CC(O)CC(O)CC(O)/C=C/CC(O)CC(O)CCCNC(=O)C(C)N. The van der Waals surface area contributed by atoms with Crippen molar-refractivity contribution >= 4 is 11.7 Å². The number of aliphatic hydroxyl groups excluding tert-OH is 12. The highest BCUT2D eigenvalue weighted by atomic mass is 16.7. The molecule has 17 unspecified atom stereocenters. The zero-order valence-electron chi connectivity index (χ0n) is 34.4. The number of hydrogen-bond acceptors (Lipinski definition) is 17. The van der Waals surface area contributed by atoms with Crippen molar-refractivity contribution in [2.24, 2.45) is 11.7 Å². The Balaban J connectivity index is 2.34. The predicted molar refractivity (Wildman–Crippen MR) is 211 cm³/mol. The molecule has 1 saturated heterocycles. The molecule has 1 amide bonds. The van der Waals surface area contributed by atoms with Crippen LogP contribution >= 0.6 is 0 Å². The fourth-order valence-electron chi connectivity index (χ4n) is 6.64. The molecule has 0 saturated carbocycles. The van der Waals surface area contributed by atoms with Gasteiger partial charge in [0, 0.05) is 31.7 Å². The minimum Gasteiger partial charge on any atom is -0.393 e. The summed E-state index contributed by atoms with van der Waals surface area (Å²) in [5, 5.41) is 125. The lowest BCUT2D eigenvalue weighted by Crippen LogP contribution is -2.58. The first kappa shape index (κ1) is 54.0. The molecule has 0 spiro atoms. The average molecular weight is 839 g/mol. The number of aliphatic hydroxyl groups is 12. The molecule has 1 heterocycles. The number of rotatable bonds is 30. The molecule has 340 valence electrons. The molecule has 18 heteroatoms. The van der Waals surface area contributed by atoms with Crippen LogP contribution in [0.5, 0.6) is 0 Å². The Labute approximate surface area is 342 Å². The summed E-state index contributed by atoms with van der Waals surface area (Å²) in [5.74, 6) is -1.40. The molecule has 0 bridgehead atoms. The molecule has 0 aliphatic carbocycles. The first-order chi connectivity index (χ1) is 27.1. The van der Waals surface area contributed by atoms with E-state index in [0.717, 1.165) is 0 Å². The zero-order valence-corrected chi connectivity index (χ0v) is 34.4. The molecule has 0 aromatic carbocycles. The molecular weight excluding hydrogens is 764 g/mol. The van der Waals surface area contributed by atoms with Gasteiger partial charge in [-0.25, -0.2) is 0 Å². The van der Waals surface area contributed by atoms with Crippen molar-refractivity contribution in [1.29, 1.82) is 0 Å². The average Bonchev–Trinajstić information content (AvgIpc) is 3.12. The molecule has 1 aliphatic heterocycles. The van der Waals surface area contributed by atoms with Gasteiger partial charge in [-0.05, 0) is 71.6 Å². The number of Topliss-reactive ketones (excluding diaryl/α,β-unsaturated/α-hetero) is 1. The third-order valence-electron chi connectivity index (χ3n) is 10.2. The van der Waals surface area contributed by atoms with E-state index < -0.39 is 104 Å². The summed E-state index contributed by atoms with van der Waals surface area (Å²) in [4.78, 5) is 24.4. The van der Waals surface area contributed by atoms with Crippen LogP contribution in [0.1, 0.15) is 105 Å². The Morgan fingerprint density at radius 2 is 1.19 bits per heavy atom. The molecule has 15 N–H and O–H groups in total. The zero-order chi connectivity index (χ0) is 44.1. The highest BCUT2D eigenvalue weighted by Crippen LogP contribution is 2.26. The van der Waals surface area contributed by atoms with Crippen LogP contribution in [0.2, 0.25) is 0 Å². The van der Waals surface area contributed by atoms with Gasteiger partial charge in [-0.3, -0.25) is 9.59 Å². The van der Waals surface area contributed by atoms with Crippen molar-refractivity contribution in [3.05, 3.63) is 24.3 Å². The third-order valence-corrected chi connectivity index (χ3v) is 10.2. The summed E-state index contributed by atoms with van der Waals surface area (Å²) in [6.07, 6.45) is -10.3. The Hall–Kier alpha value is -1.98. The molecule has 0 radical (unpaired) electrons. The van der Waals surface area contributed by atoms with E-state index in [0.29, 0.717) is 25.8 Å². The van der Waals surface area contributed by atoms with Gasteiger partial charge >= 0.3 is 0 Å². The van der Waals surface area contributed by atoms with Gasteiger partial charge in [0.05, 0.1) is 73.2 Å². The van der Waals surface area contributed by atoms with Crippen LogP contribution in [-0.4, -0.2) is 177 Å². The number of amides is 1. The standard InChI is InChI=1S/C40H74N2O16/c1-5-35(58-40-38(55)37(54)36(53)24(4)57-40)22(2)34(52)21-33(51)20-32(50)18-28(46)12-7-11-27(45)17-31(49)19-30(48)16-26(44)10-6-9-25(43)15-29(47)13-8-14-42-39(56)23(3)41/h6-7,10,12,22-33,35-38,40,43-51,53-55H,5,8-9,11,13-21,41H2,1-4H3,(H,42,56)/b10-6+,12-7+. The molecule has 1 rings (SSSR count). The number of nitrogens with two attached hydrogens (primary N) is 1. The molecule has 1 fully saturated rings. The first-order valence-electron chi connectivity index (χ1n) is 20.5. The van der Waals surface area contributed by atoms with Crippen molar-refractivity contribution in [1.82, 2.24) is 5.32 Å². The second-order valence-electron chi connectivity index (χ2n) is 15.9. The lowest BCUT2D eigenvalue weighted by atomic mass is 9.91. The maximum absolute atomic E-state index is 12.9. The van der Waals surface area contributed by atoms with E-state index in [1.54, 1.807) is 20.8 Å². The van der Waals surface area contributed by atoms with E-state index >= 15 is 0 Å². The van der Waals surface area contributed by atoms with Gasteiger partial charge in [-0.1, -0.05) is 38.2 Å². The van der Waals surface area contributed by atoms with Crippen molar-refractivity contribution in [3.8, 4) is 0 Å². The highest BCUT2D eigenvalue weighted by molar-refractivity contribution is 5.81. The van der Waals surface area contributed by atoms with Crippen LogP contribution in [0, 0.1) is 5.92 Å². The topological polar surface area (TPSA) is 333 Å². The second kappa shape index (κ2) is 28.5. The van der Waals surface area contributed by atoms with E-state index in [-0.39, 0.29) is 69.5 Å². The second-order valence-corrected chi connectivity index (χ2v) is 15.9. The molecule has 0 aromatic heterocycles. The fraction of sp³-hybridized carbons (Fsp3) is 0.850. The maximum Gasteiger partial charge on any atom is 0.236 e. The Bertz CT molecular complexity index is 1200. The van der Waals surface area contributed by atoms with Crippen LogP contribution in [0.4, 0.5) is 0 Å². The van der Waals surface area contributed by atoms with Crippen molar-refractivity contribution in [2.45, 2.75) is 203 Å². The third kappa shape index (κ3) is 22.0. The summed E-state index contributed by atoms with van der Waals surface area (Å²) in [7, 11) is 0. The predicted octanol–water partition coefficient (Wildman–Crippen LogP) is -2.07. The quantitative estimate of drug-likeness (QED) is 0.0273. The van der Waals surface area contributed by atoms with Gasteiger partial charge in [-0.2, -0.15) is 0 Å². The van der Waals surface area contributed by atoms with Gasteiger partial charge in [0.25, 0.3) is 0 Å². The monoisotopic (exact) mass is 839 g/mol. The summed E-state index contributed by atoms with van der Waals surface area (Å²) in [6.45, 7) is 6.78. The number of carbonyl (C=O) groups is 2. The number of carbonyl (C=O) groups excluding carboxylic acids is 2. The van der Waals surface area contributed by atoms with Crippen molar-refractivity contribution in [2.75, 3.05) is 6.54 Å². The lowest BCUT2D eigenvalue weighted by Gasteiger charge is -2.40. The van der Waals surface area contributed by atoms with Crippen molar-refractivity contribution in [3.63, 3.8) is 0 Å². The normalized spacial score (nSPS) is 26.6. The minimum absolute atomic E-state index is 0.0455. The summed E-state index contributed by atoms with van der Waals surface area (Å²) in [5.41, 5.74) is 5.47. The Morgan fingerprint density at radius 3 is 1.71 bits per heavy atom. The number of ketones is 1. The summed E-state index contributed by atoms with van der Waals surface area (Å²) < 4.78 is 11.2. The molecular formula is C40H74N2O16. The van der Waals surface area contributed by atoms with Crippen LogP contribution in [0.25, 0.3) is 0 Å². The van der Waals surface area contributed by atoms with E-state index in [1.807, 2.05) is 0 Å². The largest absolute Gasteiger partial charge is 0.393 e. The molecule has 18 nitrogen and oxygen atoms in total. The molecule has 58 heavy (non-hydrogen) atoms. The fourth-order valence-corrected chi connectivity index (χ4v) is 6.64. The maximum atomic E-state index is 12.9. The van der Waals surface area contributed by atoms with Crippen LogP contribution in [0.3, 0.4) is 0 Å². The van der Waals surface area contributed by atoms with E-state index in [9.17, 15) is 70.9 Å². The number of nitrogens with one attached hydrogen (secondary N) is 1. The summed E-state index contributed by atoms with van der Waals surface area (Å²) in [6, 6.07) is -0.617. The molecule has 1 aliphatic rings. The number of ether oxygens (including phenoxy) is 2. The van der Waals surface area contributed by atoms with Gasteiger partial charge in [0.2, 0.25) is 5.91 Å². The van der Waals surface area contributed by atoms with Gasteiger partial charge in [-0.15, -0.1) is 0 Å². The van der Waals surface area contributed by atoms with E-state index in [4.69, 9.17) is 15.2 Å². The van der Waals surface area contributed by atoms with Crippen LogP contribution in [0.15, 0.2) is 24.3 Å². The van der Waals surface area contributed by atoms with Gasteiger partial charge < -0.3 is 81.8 Å². The van der Waals surface area contributed by atoms with E-state index in [2.05, 4.69) is 5.32 Å². The van der Waals surface area contributed by atoms with Crippen molar-refractivity contribution < 1.29 is 80.3 Å². The van der Waals surface area contributed by atoms with Gasteiger partial charge in [0.15, 0.2) is 6.29 Å². The van der Waals surface area contributed by atoms with Crippen LogP contribution < -0.4 is 11.1 Å². The van der Waals surface area contributed by atoms with Crippen LogP contribution in [-0.2, 0) is 19.1 Å². The number of hydrogen-bond donors (Lipinski definition) is 14. The molecule has 17 atom stereocenters. The minimum atomic E-state index is -1.53. The van der Waals surface area contributed by atoms with Gasteiger partial charge in [0.1, 0.15) is 24.1 Å². The highest BCUT2D eigenvalue weighted by Gasteiger charge is 2.44. The smallest absolute Gasteiger partial charge is 0.236 e. The lowest BCUT2D eigenvalue weighted by molar-refractivity contribution is -0.306. The molecule has 0 aromatic rings. The Kier molecular flexibility index (Phi) is 26.6. The van der Waals surface area contributed by atoms with E-state index in [1.165, 1.54) is 31.2 Å².